The lowest BCUT2D eigenvalue weighted by atomic mass is 10.0. The molecule has 0 aromatic rings. The van der Waals surface area contributed by atoms with E-state index < -0.39 is 5.97 Å². The van der Waals surface area contributed by atoms with E-state index in [0.29, 0.717) is 6.42 Å². The first-order valence-electron chi connectivity index (χ1n) is 6.81. The molecule has 1 atom stereocenters. The number of hydrogen-bond donors (Lipinski definition) is 1. The summed E-state index contributed by atoms with van der Waals surface area (Å²) >= 11 is 0. The highest BCUT2D eigenvalue weighted by Gasteiger charge is 2.20. The quantitative estimate of drug-likeness (QED) is 0.397. The number of esters is 1. The molecule has 110 valence electrons. The number of rotatable bonds is 9. The van der Waals surface area contributed by atoms with E-state index in [1.807, 2.05) is 0 Å². The predicted molar refractivity (Wildman–Crippen MR) is 70.7 cm³/mol. The van der Waals surface area contributed by atoms with Crippen molar-refractivity contribution < 1.29 is 24.1 Å². The van der Waals surface area contributed by atoms with Gasteiger partial charge in [-0.3, -0.25) is 0 Å². The summed E-state index contributed by atoms with van der Waals surface area (Å²) in [6.45, 7) is 0. The molecule has 0 aliphatic carbocycles. The van der Waals surface area contributed by atoms with Crippen LogP contribution >= 0.6 is 0 Å². The molecule has 5 nitrogen and oxygen atoms in total. The molecule has 0 saturated carbocycles. The highest BCUT2D eigenvalue weighted by molar-refractivity contribution is 5.83. The van der Waals surface area contributed by atoms with Gasteiger partial charge in [-0.1, -0.05) is 12.8 Å². The van der Waals surface area contributed by atoms with Crippen molar-refractivity contribution in [3.05, 3.63) is 11.8 Å². The molecule has 0 saturated heterocycles. The van der Waals surface area contributed by atoms with Gasteiger partial charge in [0, 0.05) is 20.6 Å². The van der Waals surface area contributed by atoms with Gasteiger partial charge >= 0.3 is 5.97 Å². The van der Waals surface area contributed by atoms with E-state index in [1.54, 1.807) is 14.2 Å². The average molecular weight is 272 g/mol. The second kappa shape index (κ2) is 8.93. The third kappa shape index (κ3) is 6.59. The average Bonchev–Trinajstić information content (AvgIpc) is 2.37. The van der Waals surface area contributed by atoms with Crippen molar-refractivity contribution in [1.29, 1.82) is 0 Å². The van der Waals surface area contributed by atoms with E-state index in [4.69, 9.17) is 14.2 Å². The summed E-state index contributed by atoms with van der Waals surface area (Å²) in [5, 5.41) is 9.34. The van der Waals surface area contributed by atoms with E-state index in [9.17, 15) is 9.90 Å². The lowest BCUT2D eigenvalue weighted by molar-refractivity contribution is -0.145. The minimum atomic E-state index is -0.434. The van der Waals surface area contributed by atoms with Gasteiger partial charge in [-0.15, -0.1) is 0 Å². The van der Waals surface area contributed by atoms with Gasteiger partial charge in [-0.2, -0.15) is 0 Å². The number of unbranched alkanes of at least 4 members (excludes halogenated alkanes) is 3. The van der Waals surface area contributed by atoms with Crippen LogP contribution in [0, 0.1) is 0 Å². The highest BCUT2D eigenvalue weighted by Crippen LogP contribution is 2.19. The van der Waals surface area contributed by atoms with Crippen molar-refractivity contribution in [2.45, 2.75) is 57.3 Å². The number of hydrogen-bond acceptors (Lipinski definition) is 5. The van der Waals surface area contributed by atoms with Gasteiger partial charge in [-0.25, -0.2) is 4.79 Å². The van der Waals surface area contributed by atoms with Crippen LogP contribution in [0.3, 0.4) is 0 Å². The van der Waals surface area contributed by atoms with Crippen LogP contribution in [0.4, 0.5) is 0 Å². The van der Waals surface area contributed by atoms with Gasteiger partial charge in [0.1, 0.15) is 11.9 Å². The number of carbonyl (C=O) groups is 1. The molecule has 5 heteroatoms. The van der Waals surface area contributed by atoms with Crippen LogP contribution in [-0.4, -0.2) is 37.7 Å². The zero-order valence-electron chi connectivity index (χ0n) is 11.8. The summed E-state index contributed by atoms with van der Waals surface area (Å²) in [6, 6.07) is 0. The van der Waals surface area contributed by atoms with Crippen molar-refractivity contribution in [2.75, 3.05) is 14.2 Å². The lowest BCUT2D eigenvalue weighted by Crippen LogP contribution is -2.22. The Kier molecular flexibility index (Phi) is 7.52. The molecule has 0 bridgehead atoms. The molecule has 1 N–H and O–H groups in total. The number of ether oxygens (including phenoxy) is 3. The SMILES string of the molecule is COC(CCCCCCC1CC(O)=CC(=O)O1)OC. The van der Waals surface area contributed by atoms with E-state index in [-0.39, 0.29) is 18.2 Å². The molecule has 0 spiro atoms. The Bertz CT molecular complexity index is 296. The molecule has 0 amide bonds. The Labute approximate surface area is 114 Å². The molecule has 1 rings (SSSR count). The largest absolute Gasteiger partial charge is 0.512 e. The van der Waals surface area contributed by atoms with Crippen molar-refractivity contribution in [3.63, 3.8) is 0 Å². The first-order valence-corrected chi connectivity index (χ1v) is 6.81. The van der Waals surface area contributed by atoms with Crippen LogP contribution in [0.1, 0.15) is 44.9 Å². The van der Waals surface area contributed by atoms with Crippen LogP contribution in [0.15, 0.2) is 11.8 Å². The number of aliphatic hydroxyl groups excluding tert-OH is 1. The molecule has 1 heterocycles. The fourth-order valence-electron chi connectivity index (χ4n) is 2.20. The Morgan fingerprint density at radius 2 is 2.00 bits per heavy atom. The maximum atomic E-state index is 11.1. The monoisotopic (exact) mass is 272 g/mol. The molecular formula is C14H24O5. The van der Waals surface area contributed by atoms with Crippen LogP contribution < -0.4 is 0 Å². The molecule has 0 aromatic carbocycles. The smallest absolute Gasteiger partial charge is 0.334 e. The molecule has 19 heavy (non-hydrogen) atoms. The molecule has 0 aromatic heterocycles. The zero-order valence-corrected chi connectivity index (χ0v) is 11.8. The van der Waals surface area contributed by atoms with Crippen molar-refractivity contribution >= 4 is 5.97 Å². The number of aliphatic hydroxyl groups is 1. The van der Waals surface area contributed by atoms with E-state index in [2.05, 4.69) is 0 Å². The molecule has 0 radical (unpaired) electrons. The summed E-state index contributed by atoms with van der Waals surface area (Å²) in [5.74, 6) is -0.305. The standard InChI is InChI=1S/C14H24O5/c1-17-14(18-2)8-6-4-3-5-7-12-9-11(15)10-13(16)19-12/h10,12,14-15H,3-9H2,1-2H3. The zero-order chi connectivity index (χ0) is 14.1. The molecule has 0 fully saturated rings. The third-order valence-corrected chi connectivity index (χ3v) is 3.25. The summed E-state index contributed by atoms with van der Waals surface area (Å²) in [4.78, 5) is 11.1. The van der Waals surface area contributed by atoms with Crippen molar-refractivity contribution in [3.8, 4) is 0 Å². The van der Waals surface area contributed by atoms with E-state index in [0.717, 1.165) is 44.6 Å². The second-order valence-corrected chi connectivity index (χ2v) is 4.79. The number of cyclic esters (lactones) is 1. The van der Waals surface area contributed by atoms with Crippen molar-refractivity contribution in [1.82, 2.24) is 0 Å². The third-order valence-electron chi connectivity index (χ3n) is 3.25. The number of methoxy groups -OCH3 is 2. The molecular weight excluding hydrogens is 248 g/mol. The topological polar surface area (TPSA) is 65.0 Å². The Balaban J connectivity index is 2.02. The summed E-state index contributed by atoms with van der Waals surface area (Å²) in [7, 11) is 3.29. The minimum absolute atomic E-state index is 0.110. The number of carbonyl (C=O) groups excluding carboxylic acids is 1. The fraction of sp³-hybridized carbons (Fsp3) is 0.786. The molecule has 1 aliphatic rings. The van der Waals surface area contributed by atoms with Crippen molar-refractivity contribution in [2.24, 2.45) is 0 Å². The maximum Gasteiger partial charge on any atom is 0.334 e. The minimum Gasteiger partial charge on any atom is -0.512 e. The van der Waals surface area contributed by atoms with Gasteiger partial charge in [0.25, 0.3) is 0 Å². The lowest BCUT2D eigenvalue weighted by Gasteiger charge is -2.20. The Morgan fingerprint density at radius 3 is 2.63 bits per heavy atom. The second-order valence-electron chi connectivity index (χ2n) is 4.79. The first kappa shape index (κ1) is 16.0. The summed E-state index contributed by atoms with van der Waals surface area (Å²) in [5.41, 5.74) is 0. The van der Waals surface area contributed by atoms with E-state index >= 15 is 0 Å². The summed E-state index contributed by atoms with van der Waals surface area (Å²) < 4.78 is 15.3. The highest BCUT2D eigenvalue weighted by atomic mass is 16.7. The fourth-order valence-corrected chi connectivity index (χ4v) is 2.20. The van der Waals surface area contributed by atoms with Crippen LogP contribution in [-0.2, 0) is 19.0 Å². The Hall–Kier alpha value is -1.07. The van der Waals surface area contributed by atoms with Crippen LogP contribution in [0.2, 0.25) is 0 Å². The predicted octanol–water partition coefficient (Wildman–Crippen LogP) is 2.70. The van der Waals surface area contributed by atoms with Crippen LogP contribution in [0.25, 0.3) is 0 Å². The van der Waals surface area contributed by atoms with Gasteiger partial charge < -0.3 is 19.3 Å². The van der Waals surface area contributed by atoms with E-state index in [1.165, 1.54) is 0 Å². The molecule has 1 aliphatic heterocycles. The van der Waals surface area contributed by atoms with Gasteiger partial charge in [0.05, 0.1) is 6.08 Å². The first-order chi connectivity index (χ1) is 9.15. The summed E-state index contributed by atoms with van der Waals surface area (Å²) in [6.07, 6.45) is 7.26. The van der Waals surface area contributed by atoms with Crippen LogP contribution in [0.5, 0.6) is 0 Å². The maximum absolute atomic E-state index is 11.1. The Morgan fingerprint density at radius 1 is 1.32 bits per heavy atom. The van der Waals surface area contributed by atoms with Gasteiger partial charge in [0.2, 0.25) is 0 Å². The van der Waals surface area contributed by atoms with Gasteiger partial charge in [0.15, 0.2) is 6.29 Å². The normalized spacial score (nSPS) is 19.4. The van der Waals surface area contributed by atoms with Gasteiger partial charge in [-0.05, 0) is 25.7 Å². The molecule has 1 unspecified atom stereocenters.